The average Bonchev–Trinajstić information content (AvgIpc) is 2.61. The first kappa shape index (κ1) is 11.6. The summed E-state index contributed by atoms with van der Waals surface area (Å²) < 4.78 is 0.816. The van der Waals surface area contributed by atoms with Crippen molar-refractivity contribution in [2.45, 2.75) is 6.54 Å². The standard InChI is InChI=1S/C11H11BrClN3/c1-14-6-9-10(12)16-11(15-9)7-4-2-3-5-8(7)13/h2-5,14H,6H2,1H3,(H,15,16). The highest BCUT2D eigenvalue weighted by molar-refractivity contribution is 9.10. The van der Waals surface area contributed by atoms with E-state index in [0.717, 1.165) is 28.2 Å². The molecule has 1 aromatic carbocycles. The van der Waals surface area contributed by atoms with Crippen molar-refractivity contribution in [3.63, 3.8) is 0 Å². The number of hydrogen-bond donors (Lipinski definition) is 2. The molecular weight excluding hydrogens is 289 g/mol. The van der Waals surface area contributed by atoms with E-state index in [1.807, 2.05) is 31.3 Å². The molecule has 0 aliphatic heterocycles. The fourth-order valence-electron chi connectivity index (χ4n) is 1.46. The van der Waals surface area contributed by atoms with Crippen LogP contribution in [0.5, 0.6) is 0 Å². The molecule has 0 bridgehead atoms. The van der Waals surface area contributed by atoms with Crippen LogP contribution in [0, 0.1) is 0 Å². The summed E-state index contributed by atoms with van der Waals surface area (Å²) in [7, 11) is 1.89. The number of nitrogens with one attached hydrogen (secondary N) is 2. The first-order valence-corrected chi connectivity index (χ1v) is 6.03. The molecule has 16 heavy (non-hydrogen) atoms. The maximum absolute atomic E-state index is 6.11. The Bertz CT molecular complexity index is 496. The van der Waals surface area contributed by atoms with E-state index in [-0.39, 0.29) is 0 Å². The monoisotopic (exact) mass is 299 g/mol. The van der Waals surface area contributed by atoms with Crippen molar-refractivity contribution in [2.75, 3.05) is 7.05 Å². The van der Waals surface area contributed by atoms with Gasteiger partial charge in [-0.2, -0.15) is 0 Å². The van der Waals surface area contributed by atoms with Crippen LogP contribution < -0.4 is 5.32 Å². The van der Waals surface area contributed by atoms with Crippen molar-refractivity contribution in [3.8, 4) is 11.4 Å². The third-order valence-corrected chi connectivity index (χ3v) is 3.20. The molecule has 2 aromatic rings. The maximum atomic E-state index is 6.11. The SMILES string of the molecule is CNCc1[nH]c(-c2ccccc2Cl)nc1Br. The third kappa shape index (κ3) is 2.29. The van der Waals surface area contributed by atoms with Crippen molar-refractivity contribution in [1.82, 2.24) is 15.3 Å². The van der Waals surface area contributed by atoms with Gasteiger partial charge in [-0.3, -0.25) is 0 Å². The van der Waals surface area contributed by atoms with Gasteiger partial charge in [-0.25, -0.2) is 4.98 Å². The van der Waals surface area contributed by atoms with Gasteiger partial charge < -0.3 is 10.3 Å². The van der Waals surface area contributed by atoms with E-state index < -0.39 is 0 Å². The molecule has 84 valence electrons. The van der Waals surface area contributed by atoms with Crippen LogP contribution >= 0.6 is 27.5 Å². The number of aromatic nitrogens is 2. The van der Waals surface area contributed by atoms with Crippen LogP contribution in [-0.4, -0.2) is 17.0 Å². The fraction of sp³-hybridized carbons (Fsp3) is 0.182. The molecular formula is C11H11BrClN3. The molecule has 2 N–H and O–H groups in total. The zero-order valence-electron chi connectivity index (χ0n) is 8.72. The molecule has 5 heteroatoms. The molecule has 0 fully saturated rings. The zero-order valence-corrected chi connectivity index (χ0v) is 11.1. The first-order valence-electron chi connectivity index (χ1n) is 4.86. The van der Waals surface area contributed by atoms with Crippen molar-refractivity contribution in [3.05, 3.63) is 39.6 Å². The Labute approximate surface area is 107 Å². The van der Waals surface area contributed by atoms with E-state index in [2.05, 4.69) is 31.2 Å². The molecule has 0 radical (unpaired) electrons. The van der Waals surface area contributed by atoms with Crippen LogP contribution in [0.2, 0.25) is 5.02 Å². The molecule has 0 spiro atoms. The van der Waals surface area contributed by atoms with Crippen molar-refractivity contribution in [1.29, 1.82) is 0 Å². The Morgan fingerprint density at radius 3 is 2.88 bits per heavy atom. The van der Waals surface area contributed by atoms with Gasteiger partial charge in [-0.1, -0.05) is 23.7 Å². The minimum Gasteiger partial charge on any atom is -0.340 e. The molecule has 0 aliphatic rings. The van der Waals surface area contributed by atoms with Crippen molar-refractivity contribution < 1.29 is 0 Å². The normalized spacial score (nSPS) is 10.7. The second-order valence-corrected chi connectivity index (χ2v) is 4.52. The summed E-state index contributed by atoms with van der Waals surface area (Å²) in [5.41, 5.74) is 1.92. The molecule has 0 aliphatic carbocycles. The van der Waals surface area contributed by atoms with Gasteiger partial charge in [0, 0.05) is 12.1 Å². The second-order valence-electron chi connectivity index (χ2n) is 3.36. The Kier molecular flexibility index (Phi) is 3.63. The van der Waals surface area contributed by atoms with E-state index in [4.69, 9.17) is 11.6 Å². The van der Waals surface area contributed by atoms with Crippen LogP contribution in [-0.2, 0) is 6.54 Å². The lowest BCUT2D eigenvalue weighted by atomic mass is 10.2. The number of hydrogen-bond acceptors (Lipinski definition) is 2. The number of halogens is 2. The van der Waals surface area contributed by atoms with Gasteiger partial charge in [0.15, 0.2) is 0 Å². The largest absolute Gasteiger partial charge is 0.340 e. The quantitative estimate of drug-likeness (QED) is 0.914. The minimum atomic E-state index is 0.694. The first-order chi connectivity index (χ1) is 7.72. The van der Waals surface area contributed by atoms with Gasteiger partial charge in [-0.05, 0) is 35.1 Å². The predicted octanol–water partition coefficient (Wildman–Crippen LogP) is 3.21. The number of imidazole rings is 1. The third-order valence-electron chi connectivity index (χ3n) is 2.21. The van der Waals surface area contributed by atoms with Gasteiger partial charge in [0.2, 0.25) is 0 Å². The lowest BCUT2D eigenvalue weighted by molar-refractivity contribution is 0.793. The van der Waals surface area contributed by atoms with Crippen LogP contribution in [0.1, 0.15) is 5.69 Å². The number of benzene rings is 1. The molecule has 0 amide bonds. The molecule has 0 unspecified atom stereocenters. The van der Waals surface area contributed by atoms with E-state index in [9.17, 15) is 0 Å². The highest BCUT2D eigenvalue weighted by Gasteiger charge is 2.10. The van der Waals surface area contributed by atoms with Crippen molar-refractivity contribution >= 4 is 27.5 Å². The van der Waals surface area contributed by atoms with Gasteiger partial charge in [-0.15, -0.1) is 0 Å². The van der Waals surface area contributed by atoms with Crippen LogP contribution in [0.3, 0.4) is 0 Å². The Morgan fingerprint density at radius 2 is 2.19 bits per heavy atom. The lowest BCUT2D eigenvalue weighted by Gasteiger charge is -1.99. The Hall–Kier alpha value is -0.840. The fourth-order valence-corrected chi connectivity index (χ4v) is 2.10. The van der Waals surface area contributed by atoms with Gasteiger partial charge in [0.1, 0.15) is 10.4 Å². The second kappa shape index (κ2) is 4.99. The van der Waals surface area contributed by atoms with Crippen molar-refractivity contribution in [2.24, 2.45) is 0 Å². The lowest BCUT2D eigenvalue weighted by Crippen LogP contribution is -2.05. The van der Waals surface area contributed by atoms with E-state index >= 15 is 0 Å². The average molecular weight is 301 g/mol. The summed E-state index contributed by atoms with van der Waals surface area (Å²) in [5.74, 6) is 0.780. The van der Waals surface area contributed by atoms with Crippen LogP contribution in [0.15, 0.2) is 28.9 Å². The number of aromatic amines is 1. The highest BCUT2D eigenvalue weighted by atomic mass is 79.9. The molecule has 0 saturated carbocycles. The molecule has 1 heterocycles. The minimum absolute atomic E-state index is 0.694. The summed E-state index contributed by atoms with van der Waals surface area (Å²) in [6.07, 6.45) is 0. The van der Waals surface area contributed by atoms with Gasteiger partial charge in [0.05, 0.1) is 10.7 Å². The topological polar surface area (TPSA) is 40.7 Å². The van der Waals surface area contributed by atoms with Gasteiger partial charge >= 0.3 is 0 Å². The Balaban J connectivity index is 2.42. The number of H-pyrrole nitrogens is 1. The summed E-state index contributed by atoms with van der Waals surface area (Å²) in [6, 6.07) is 7.63. The highest BCUT2D eigenvalue weighted by Crippen LogP contribution is 2.27. The summed E-state index contributed by atoms with van der Waals surface area (Å²) in [5, 5.41) is 3.76. The number of nitrogens with zero attached hydrogens (tertiary/aromatic N) is 1. The molecule has 3 nitrogen and oxygen atoms in total. The van der Waals surface area contributed by atoms with E-state index in [0.29, 0.717) is 5.02 Å². The molecule has 2 rings (SSSR count). The van der Waals surface area contributed by atoms with Crippen LogP contribution in [0.4, 0.5) is 0 Å². The van der Waals surface area contributed by atoms with Gasteiger partial charge in [0.25, 0.3) is 0 Å². The predicted molar refractivity (Wildman–Crippen MR) is 69.5 cm³/mol. The van der Waals surface area contributed by atoms with E-state index in [1.54, 1.807) is 0 Å². The summed E-state index contributed by atoms with van der Waals surface area (Å²) in [4.78, 5) is 7.63. The molecule has 1 aromatic heterocycles. The number of rotatable bonds is 3. The summed E-state index contributed by atoms with van der Waals surface area (Å²) >= 11 is 9.52. The zero-order chi connectivity index (χ0) is 11.5. The molecule has 0 saturated heterocycles. The Morgan fingerprint density at radius 1 is 1.44 bits per heavy atom. The summed E-state index contributed by atoms with van der Waals surface area (Å²) in [6.45, 7) is 0.734. The smallest absolute Gasteiger partial charge is 0.140 e. The van der Waals surface area contributed by atoms with Crippen LogP contribution in [0.25, 0.3) is 11.4 Å². The maximum Gasteiger partial charge on any atom is 0.140 e. The molecule has 0 atom stereocenters. The van der Waals surface area contributed by atoms with E-state index in [1.165, 1.54) is 0 Å².